The lowest BCUT2D eigenvalue weighted by atomic mass is 9.42. The predicted molar refractivity (Wildman–Crippen MR) is 62.3 cm³/mol. The highest BCUT2D eigenvalue weighted by Gasteiger charge is 2.71. The third-order valence-corrected chi connectivity index (χ3v) is 4.25. The summed E-state index contributed by atoms with van der Waals surface area (Å²) in [6.45, 7) is 0. The summed E-state index contributed by atoms with van der Waals surface area (Å²) in [5.41, 5.74) is 7.33. The van der Waals surface area contributed by atoms with E-state index in [2.05, 4.69) is 9.97 Å². The maximum absolute atomic E-state index is 13.6. The number of rotatable bonds is 1. The van der Waals surface area contributed by atoms with Gasteiger partial charge < -0.3 is 10.3 Å². The van der Waals surface area contributed by atoms with Crippen LogP contribution in [0.2, 0.25) is 0 Å². The maximum Gasteiger partial charge on any atom is 0.116 e. The Labute approximate surface area is 97.7 Å². The molecule has 17 heavy (non-hydrogen) atoms. The van der Waals surface area contributed by atoms with Gasteiger partial charge in [0.05, 0.1) is 23.6 Å². The quantitative estimate of drug-likeness (QED) is 0.814. The Morgan fingerprint density at radius 3 is 2.65 bits per heavy atom. The van der Waals surface area contributed by atoms with Crippen molar-refractivity contribution in [2.45, 2.75) is 30.3 Å². The van der Waals surface area contributed by atoms with E-state index in [0.29, 0.717) is 24.9 Å². The largest absolute Gasteiger partial charge is 0.396 e. The van der Waals surface area contributed by atoms with Crippen LogP contribution in [-0.4, -0.2) is 20.2 Å². The number of hydrogen-bond donors (Lipinski definition) is 1. The molecule has 0 amide bonds. The zero-order chi connectivity index (χ0) is 11.8. The van der Waals surface area contributed by atoms with Crippen molar-refractivity contribution >= 4 is 16.7 Å². The Balaban J connectivity index is 1.93. The van der Waals surface area contributed by atoms with E-state index in [1.807, 2.05) is 11.6 Å². The van der Waals surface area contributed by atoms with Gasteiger partial charge in [0.25, 0.3) is 0 Å². The second kappa shape index (κ2) is 2.44. The molecule has 5 rings (SSSR count). The van der Waals surface area contributed by atoms with E-state index in [9.17, 15) is 4.39 Å². The number of pyridine rings is 1. The number of aryl methyl sites for hydroxylation is 1. The van der Waals surface area contributed by atoms with Crippen molar-refractivity contribution in [2.24, 2.45) is 7.05 Å². The topological polar surface area (TPSA) is 56.7 Å². The minimum atomic E-state index is -0.901. The second-order valence-electron chi connectivity index (χ2n) is 5.55. The summed E-state index contributed by atoms with van der Waals surface area (Å²) < 4.78 is 15.6. The lowest BCUT2D eigenvalue weighted by molar-refractivity contribution is -0.163. The molecule has 3 saturated carbocycles. The minimum Gasteiger partial charge on any atom is -0.396 e. The van der Waals surface area contributed by atoms with Crippen LogP contribution < -0.4 is 5.73 Å². The summed E-state index contributed by atoms with van der Waals surface area (Å²) in [4.78, 5) is 8.63. The molecule has 3 aliphatic carbocycles. The van der Waals surface area contributed by atoms with Crippen molar-refractivity contribution in [3.8, 4) is 0 Å². The Morgan fingerprint density at radius 1 is 1.35 bits per heavy atom. The smallest absolute Gasteiger partial charge is 0.116 e. The van der Waals surface area contributed by atoms with Crippen molar-refractivity contribution in [3.05, 3.63) is 18.2 Å². The number of halogens is 1. The Hall–Kier alpha value is -1.65. The number of fused-ring (bicyclic) bond motifs is 1. The van der Waals surface area contributed by atoms with Gasteiger partial charge in [-0.15, -0.1) is 0 Å². The van der Waals surface area contributed by atoms with Gasteiger partial charge in [0.15, 0.2) is 0 Å². The van der Waals surface area contributed by atoms with Gasteiger partial charge in [-0.1, -0.05) is 0 Å². The Kier molecular flexibility index (Phi) is 1.35. The number of anilines is 1. The van der Waals surface area contributed by atoms with E-state index >= 15 is 0 Å². The van der Waals surface area contributed by atoms with E-state index < -0.39 is 5.67 Å². The van der Waals surface area contributed by atoms with Gasteiger partial charge in [0.2, 0.25) is 0 Å². The maximum atomic E-state index is 13.6. The molecule has 2 aromatic heterocycles. The number of nitrogen functional groups attached to an aromatic ring is 1. The molecule has 0 unspecified atom stereocenters. The van der Waals surface area contributed by atoms with Crippen LogP contribution in [0.15, 0.2) is 12.4 Å². The fourth-order valence-corrected chi connectivity index (χ4v) is 3.58. The molecule has 2 heterocycles. The molecule has 5 heteroatoms. The lowest BCUT2D eigenvalue weighted by Crippen LogP contribution is -2.67. The molecule has 2 aromatic rings. The fourth-order valence-electron chi connectivity index (χ4n) is 3.58. The van der Waals surface area contributed by atoms with Crippen LogP contribution in [0.1, 0.15) is 25.1 Å². The summed E-state index contributed by atoms with van der Waals surface area (Å²) in [6.07, 6.45) is 5.19. The predicted octanol–water partition coefficient (Wildman–Crippen LogP) is 1.69. The number of nitrogens with zero attached hydrogens (tertiary/aromatic N) is 3. The molecular weight excluding hydrogens is 219 g/mol. The van der Waals surface area contributed by atoms with Crippen LogP contribution >= 0.6 is 0 Å². The lowest BCUT2D eigenvalue weighted by Gasteiger charge is -2.65. The van der Waals surface area contributed by atoms with Crippen LogP contribution in [0.4, 0.5) is 10.1 Å². The molecule has 4 nitrogen and oxygen atoms in total. The van der Waals surface area contributed by atoms with Gasteiger partial charge in [-0.05, 0) is 19.3 Å². The minimum absolute atomic E-state index is 0.0328. The Morgan fingerprint density at radius 2 is 2.06 bits per heavy atom. The molecule has 0 aromatic carbocycles. The molecule has 2 N–H and O–H groups in total. The van der Waals surface area contributed by atoms with Gasteiger partial charge in [0.1, 0.15) is 17.0 Å². The summed E-state index contributed by atoms with van der Waals surface area (Å²) in [5, 5.41) is 0. The first-order chi connectivity index (χ1) is 8.03. The van der Waals surface area contributed by atoms with E-state index in [-0.39, 0.29) is 5.41 Å². The van der Waals surface area contributed by atoms with Crippen LogP contribution in [0.5, 0.6) is 0 Å². The summed E-state index contributed by atoms with van der Waals surface area (Å²) in [6, 6.07) is 0. The van der Waals surface area contributed by atoms with Crippen molar-refractivity contribution in [2.75, 3.05) is 5.73 Å². The average Bonchev–Trinajstić information content (AvgIpc) is 2.51. The molecular formula is C12H13FN4. The van der Waals surface area contributed by atoms with Gasteiger partial charge in [-0.25, -0.2) is 9.37 Å². The average molecular weight is 232 g/mol. The number of hydrogen-bond acceptors (Lipinski definition) is 3. The molecule has 88 valence electrons. The second-order valence-corrected chi connectivity index (χ2v) is 5.55. The third kappa shape index (κ3) is 0.936. The van der Waals surface area contributed by atoms with Crippen LogP contribution in [0.3, 0.4) is 0 Å². The molecule has 0 saturated heterocycles. The SMILES string of the molecule is Cn1c(C23CC(F)(C2)C3)nc2cncc(N)c21. The molecule has 0 radical (unpaired) electrons. The first-order valence-corrected chi connectivity index (χ1v) is 5.78. The van der Waals surface area contributed by atoms with E-state index in [4.69, 9.17) is 5.73 Å². The van der Waals surface area contributed by atoms with E-state index in [1.165, 1.54) is 0 Å². The number of imidazole rings is 1. The highest BCUT2D eigenvalue weighted by atomic mass is 19.1. The molecule has 3 fully saturated rings. The molecule has 0 aliphatic heterocycles. The number of aromatic nitrogens is 3. The fraction of sp³-hybridized carbons (Fsp3) is 0.500. The first-order valence-electron chi connectivity index (χ1n) is 5.78. The van der Waals surface area contributed by atoms with Crippen molar-refractivity contribution in [1.82, 2.24) is 14.5 Å². The van der Waals surface area contributed by atoms with Crippen LogP contribution in [0.25, 0.3) is 11.0 Å². The summed E-state index contributed by atoms with van der Waals surface area (Å²) >= 11 is 0. The van der Waals surface area contributed by atoms with Crippen molar-refractivity contribution < 1.29 is 4.39 Å². The summed E-state index contributed by atoms with van der Waals surface area (Å²) in [5.74, 6) is 0.965. The zero-order valence-electron chi connectivity index (χ0n) is 9.57. The molecule has 3 aliphatic rings. The van der Waals surface area contributed by atoms with Gasteiger partial charge >= 0.3 is 0 Å². The molecule has 0 atom stereocenters. The van der Waals surface area contributed by atoms with E-state index in [0.717, 1.165) is 16.9 Å². The van der Waals surface area contributed by atoms with Crippen molar-refractivity contribution in [1.29, 1.82) is 0 Å². The number of nitrogens with two attached hydrogens (primary N) is 1. The third-order valence-electron chi connectivity index (χ3n) is 4.25. The Bertz CT molecular complexity index is 625. The van der Waals surface area contributed by atoms with Gasteiger partial charge in [0, 0.05) is 12.5 Å². The number of alkyl halides is 1. The first kappa shape index (κ1) is 9.39. The van der Waals surface area contributed by atoms with E-state index in [1.54, 1.807) is 12.4 Å². The van der Waals surface area contributed by atoms with Gasteiger partial charge in [-0.2, -0.15) is 0 Å². The standard InChI is InChI=1S/C12H13FN4/c1-17-9-7(14)2-15-3-8(9)16-10(17)11-4-12(13,5-11)6-11/h2-3H,4-6,14H2,1H3. The van der Waals surface area contributed by atoms with Crippen LogP contribution in [-0.2, 0) is 12.5 Å². The molecule has 0 spiro atoms. The van der Waals surface area contributed by atoms with Crippen molar-refractivity contribution in [3.63, 3.8) is 0 Å². The molecule has 2 bridgehead atoms. The monoisotopic (exact) mass is 232 g/mol. The highest BCUT2D eigenvalue weighted by Crippen LogP contribution is 2.69. The van der Waals surface area contributed by atoms with Gasteiger partial charge in [-0.3, -0.25) is 4.98 Å². The zero-order valence-corrected chi connectivity index (χ0v) is 9.57. The van der Waals surface area contributed by atoms with Crippen LogP contribution in [0, 0.1) is 0 Å². The normalized spacial score (nSPS) is 34.5. The highest BCUT2D eigenvalue weighted by molar-refractivity contribution is 5.86. The summed E-state index contributed by atoms with van der Waals surface area (Å²) in [7, 11) is 1.95.